The zero-order chi connectivity index (χ0) is 16.0. The van der Waals surface area contributed by atoms with E-state index in [2.05, 4.69) is 4.72 Å². The van der Waals surface area contributed by atoms with Gasteiger partial charge in [0.1, 0.15) is 0 Å². The summed E-state index contributed by atoms with van der Waals surface area (Å²) in [6.45, 7) is 1.94. The third kappa shape index (κ3) is 4.43. The molecule has 0 aromatic heterocycles. The maximum absolute atomic E-state index is 12.2. The molecular formula is C17H19NO3S. The largest absolute Gasteiger partial charge is 0.289 e. The van der Waals surface area contributed by atoms with Crippen LogP contribution in [0, 0.1) is 0 Å². The Morgan fingerprint density at radius 2 is 1.55 bits per heavy atom. The molecule has 0 aliphatic rings. The molecule has 5 heteroatoms. The van der Waals surface area contributed by atoms with Crippen LogP contribution >= 0.6 is 0 Å². The first-order valence-corrected chi connectivity index (χ1v) is 8.87. The Morgan fingerprint density at radius 3 is 2.14 bits per heavy atom. The molecule has 0 unspecified atom stereocenters. The van der Waals surface area contributed by atoms with E-state index >= 15 is 0 Å². The first-order chi connectivity index (χ1) is 10.5. The molecular weight excluding hydrogens is 298 g/mol. The fraction of sp³-hybridized carbons (Fsp3) is 0.235. The van der Waals surface area contributed by atoms with E-state index in [1.807, 2.05) is 25.1 Å². The Labute approximate surface area is 131 Å². The van der Waals surface area contributed by atoms with Gasteiger partial charge in [0.05, 0.1) is 5.75 Å². The van der Waals surface area contributed by atoms with Gasteiger partial charge >= 0.3 is 0 Å². The SMILES string of the molecule is CCCCS(=O)(=O)Nc1ccc(C(=O)c2ccccc2)cc1. The molecule has 116 valence electrons. The maximum atomic E-state index is 12.2. The lowest BCUT2D eigenvalue weighted by atomic mass is 10.0. The molecule has 22 heavy (non-hydrogen) atoms. The van der Waals surface area contributed by atoms with Crippen molar-refractivity contribution in [3.63, 3.8) is 0 Å². The van der Waals surface area contributed by atoms with Crippen molar-refractivity contribution in [2.24, 2.45) is 0 Å². The molecule has 2 rings (SSSR count). The summed E-state index contributed by atoms with van der Waals surface area (Å²) >= 11 is 0. The summed E-state index contributed by atoms with van der Waals surface area (Å²) in [5.41, 5.74) is 1.61. The number of sulfonamides is 1. The molecule has 0 bridgehead atoms. The molecule has 0 aliphatic carbocycles. The zero-order valence-corrected chi connectivity index (χ0v) is 13.3. The number of hydrogen-bond donors (Lipinski definition) is 1. The third-order valence-corrected chi connectivity index (χ3v) is 4.60. The Hall–Kier alpha value is -2.14. The van der Waals surface area contributed by atoms with Crippen LogP contribution in [0.4, 0.5) is 5.69 Å². The summed E-state index contributed by atoms with van der Waals surface area (Å²) in [6.07, 6.45) is 1.45. The number of unbranched alkanes of at least 4 members (excludes halogenated alkanes) is 1. The average molecular weight is 317 g/mol. The maximum Gasteiger partial charge on any atom is 0.232 e. The Morgan fingerprint density at radius 1 is 0.955 bits per heavy atom. The summed E-state index contributed by atoms with van der Waals surface area (Å²) in [4.78, 5) is 12.2. The van der Waals surface area contributed by atoms with Crippen molar-refractivity contribution < 1.29 is 13.2 Å². The molecule has 2 aromatic carbocycles. The minimum atomic E-state index is -3.32. The van der Waals surface area contributed by atoms with E-state index in [4.69, 9.17) is 0 Å². The molecule has 0 amide bonds. The summed E-state index contributed by atoms with van der Waals surface area (Å²) in [5.74, 6) is 0.0229. The smallest absolute Gasteiger partial charge is 0.232 e. The molecule has 0 atom stereocenters. The van der Waals surface area contributed by atoms with Gasteiger partial charge in [0.2, 0.25) is 10.0 Å². The fourth-order valence-corrected chi connectivity index (χ4v) is 3.28. The van der Waals surface area contributed by atoms with Crippen molar-refractivity contribution in [3.8, 4) is 0 Å². The fourth-order valence-electron chi connectivity index (χ4n) is 2.01. The highest BCUT2D eigenvalue weighted by Crippen LogP contribution is 2.15. The van der Waals surface area contributed by atoms with E-state index in [0.29, 0.717) is 23.2 Å². The normalized spacial score (nSPS) is 11.1. The van der Waals surface area contributed by atoms with Crippen LogP contribution in [0.15, 0.2) is 54.6 Å². The highest BCUT2D eigenvalue weighted by molar-refractivity contribution is 7.92. The first kappa shape index (κ1) is 16.2. The zero-order valence-electron chi connectivity index (χ0n) is 12.5. The summed E-state index contributed by atoms with van der Waals surface area (Å²) in [6, 6.07) is 15.5. The second-order valence-electron chi connectivity index (χ2n) is 5.05. The van der Waals surface area contributed by atoms with E-state index in [0.717, 1.165) is 6.42 Å². The van der Waals surface area contributed by atoms with Crippen LogP contribution in [0.5, 0.6) is 0 Å². The Kier molecular flexibility index (Phi) is 5.33. The number of anilines is 1. The van der Waals surface area contributed by atoms with E-state index in [-0.39, 0.29) is 11.5 Å². The van der Waals surface area contributed by atoms with Gasteiger partial charge in [-0.15, -0.1) is 0 Å². The van der Waals surface area contributed by atoms with Gasteiger partial charge in [-0.3, -0.25) is 9.52 Å². The van der Waals surface area contributed by atoms with Gasteiger partial charge in [-0.1, -0.05) is 43.7 Å². The van der Waals surface area contributed by atoms with Crippen LogP contribution in [0.3, 0.4) is 0 Å². The monoisotopic (exact) mass is 317 g/mol. The number of hydrogen-bond acceptors (Lipinski definition) is 3. The second-order valence-corrected chi connectivity index (χ2v) is 6.89. The van der Waals surface area contributed by atoms with Gasteiger partial charge in [-0.25, -0.2) is 8.42 Å². The lowest BCUT2D eigenvalue weighted by molar-refractivity contribution is 0.103. The summed E-state index contributed by atoms with van der Waals surface area (Å²) in [7, 11) is -3.32. The number of benzene rings is 2. The molecule has 4 nitrogen and oxygen atoms in total. The highest BCUT2D eigenvalue weighted by Gasteiger charge is 2.11. The van der Waals surface area contributed by atoms with Crippen LogP contribution in [0.1, 0.15) is 35.7 Å². The Balaban J connectivity index is 2.09. The number of nitrogens with one attached hydrogen (secondary N) is 1. The number of carbonyl (C=O) groups is 1. The topological polar surface area (TPSA) is 63.2 Å². The average Bonchev–Trinajstić information content (AvgIpc) is 2.53. The molecule has 2 aromatic rings. The van der Waals surface area contributed by atoms with Crippen LogP contribution in [-0.2, 0) is 10.0 Å². The number of carbonyl (C=O) groups excluding carboxylic acids is 1. The van der Waals surface area contributed by atoms with Crippen LogP contribution in [0.25, 0.3) is 0 Å². The standard InChI is InChI=1S/C17H19NO3S/c1-2-3-13-22(20,21)18-16-11-9-15(10-12-16)17(19)14-7-5-4-6-8-14/h4-12,18H,2-3,13H2,1H3. The number of rotatable bonds is 7. The predicted molar refractivity (Wildman–Crippen MR) is 88.6 cm³/mol. The molecule has 0 aliphatic heterocycles. The van der Waals surface area contributed by atoms with Crippen LogP contribution < -0.4 is 4.72 Å². The van der Waals surface area contributed by atoms with E-state index < -0.39 is 10.0 Å². The van der Waals surface area contributed by atoms with Gasteiger partial charge in [-0.05, 0) is 30.7 Å². The van der Waals surface area contributed by atoms with Gasteiger partial charge < -0.3 is 0 Å². The molecule has 0 spiro atoms. The van der Waals surface area contributed by atoms with Gasteiger partial charge in [0.25, 0.3) is 0 Å². The van der Waals surface area contributed by atoms with Crippen LogP contribution in [0.2, 0.25) is 0 Å². The quantitative estimate of drug-likeness (QED) is 0.795. The lowest BCUT2D eigenvalue weighted by Gasteiger charge is -2.08. The van der Waals surface area contributed by atoms with Gasteiger partial charge in [0, 0.05) is 16.8 Å². The minimum Gasteiger partial charge on any atom is -0.289 e. The van der Waals surface area contributed by atoms with E-state index in [1.54, 1.807) is 36.4 Å². The molecule has 0 heterocycles. The summed E-state index contributed by atoms with van der Waals surface area (Å²) in [5, 5.41) is 0. The van der Waals surface area contributed by atoms with Gasteiger partial charge in [-0.2, -0.15) is 0 Å². The van der Waals surface area contributed by atoms with Crippen molar-refractivity contribution >= 4 is 21.5 Å². The van der Waals surface area contributed by atoms with Crippen molar-refractivity contribution in [2.75, 3.05) is 10.5 Å². The summed E-state index contributed by atoms with van der Waals surface area (Å²) < 4.78 is 26.2. The molecule has 0 saturated carbocycles. The number of ketones is 1. The lowest BCUT2D eigenvalue weighted by Crippen LogP contribution is -2.16. The first-order valence-electron chi connectivity index (χ1n) is 7.22. The highest BCUT2D eigenvalue weighted by atomic mass is 32.2. The van der Waals surface area contributed by atoms with Crippen molar-refractivity contribution in [3.05, 3.63) is 65.7 Å². The van der Waals surface area contributed by atoms with Crippen molar-refractivity contribution in [1.29, 1.82) is 0 Å². The molecule has 0 saturated heterocycles. The molecule has 0 radical (unpaired) electrons. The van der Waals surface area contributed by atoms with E-state index in [1.165, 1.54) is 0 Å². The Bertz CT molecular complexity index is 722. The van der Waals surface area contributed by atoms with Crippen molar-refractivity contribution in [1.82, 2.24) is 0 Å². The third-order valence-electron chi connectivity index (χ3n) is 3.22. The second kappa shape index (κ2) is 7.22. The molecule has 0 fully saturated rings. The van der Waals surface area contributed by atoms with Crippen LogP contribution in [-0.4, -0.2) is 20.0 Å². The van der Waals surface area contributed by atoms with Gasteiger partial charge in [0.15, 0.2) is 5.78 Å². The predicted octanol–water partition coefficient (Wildman–Crippen LogP) is 3.46. The molecule has 1 N–H and O–H groups in total. The van der Waals surface area contributed by atoms with E-state index in [9.17, 15) is 13.2 Å². The van der Waals surface area contributed by atoms with Crippen molar-refractivity contribution in [2.45, 2.75) is 19.8 Å². The minimum absolute atomic E-state index is 0.0824.